The van der Waals surface area contributed by atoms with Crippen LogP contribution >= 0.6 is 11.8 Å². The van der Waals surface area contributed by atoms with Crippen LogP contribution in [0, 0.1) is 0 Å². The molecule has 5 rings (SSSR count). The van der Waals surface area contributed by atoms with Gasteiger partial charge in [-0.2, -0.15) is 0 Å². The number of ether oxygens (including phenoxy) is 1. The number of methoxy groups -OCH3 is 1. The van der Waals surface area contributed by atoms with Gasteiger partial charge < -0.3 is 14.6 Å². The van der Waals surface area contributed by atoms with Gasteiger partial charge in [0.15, 0.2) is 5.16 Å². The van der Waals surface area contributed by atoms with Crippen molar-refractivity contribution in [2.24, 2.45) is 0 Å². The number of nitrogens with one attached hydrogen (secondary N) is 1. The van der Waals surface area contributed by atoms with Crippen molar-refractivity contribution in [2.75, 3.05) is 19.0 Å². The molecule has 0 unspecified atom stereocenters. The molecule has 37 heavy (non-hydrogen) atoms. The van der Waals surface area contributed by atoms with Crippen molar-refractivity contribution in [3.63, 3.8) is 0 Å². The first-order valence-corrected chi connectivity index (χ1v) is 13.3. The number of para-hydroxylation sites is 1. The molecule has 0 atom stereocenters. The number of esters is 1. The lowest BCUT2D eigenvalue weighted by Crippen LogP contribution is -2.05. The van der Waals surface area contributed by atoms with Crippen LogP contribution in [0.1, 0.15) is 27.2 Å². The zero-order valence-corrected chi connectivity index (χ0v) is 21.6. The van der Waals surface area contributed by atoms with E-state index in [-0.39, 0.29) is 5.97 Å². The third-order valence-corrected chi connectivity index (χ3v) is 7.31. The predicted molar refractivity (Wildman–Crippen MR) is 151 cm³/mol. The first-order chi connectivity index (χ1) is 18.2. The maximum atomic E-state index is 12.3. The number of fused-ring (bicyclic) bond motifs is 1. The molecule has 0 saturated heterocycles. The molecule has 0 aliphatic rings. The zero-order valence-electron chi connectivity index (χ0n) is 20.8. The number of thioether (sulfide) groups is 1. The second-order valence-corrected chi connectivity index (χ2v) is 9.70. The molecule has 0 saturated carbocycles. The van der Waals surface area contributed by atoms with Crippen molar-refractivity contribution < 1.29 is 9.53 Å². The van der Waals surface area contributed by atoms with Crippen molar-refractivity contribution in [3.8, 4) is 0 Å². The molecule has 1 aromatic heterocycles. The highest BCUT2D eigenvalue weighted by molar-refractivity contribution is 7.98. The van der Waals surface area contributed by atoms with Gasteiger partial charge in [-0.05, 0) is 40.1 Å². The quantitative estimate of drug-likeness (QED) is 0.166. The van der Waals surface area contributed by atoms with Crippen LogP contribution in [0.2, 0.25) is 0 Å². The number of aromatic nitrogens is 2. The van der Waals surface area contributed by atoms with Gasteiger partial charge in [0.05, 0.1) is 24.9 Å². The number of carbonyl (C=O) groups is 1. The maximum Gasteiger partial charge on any atom is 0.338 e. The molecule has 0 spiro atoms. The number of carbonyl (C=O) groups excluding carboxylic acids is 1. The van der Waals surface area contributed by atoms with Crippen LogP contribution < -0.4 is 5.32 Å². The topological polar surface area (TPSA) is 56.1 Å². The van der Waals surface area contributed by atoms with E-state index >= 15 is 0 Å². The van der Waals surface area contributed by atoms with Crippen LogP contribution in [0.5, 0.6) is 0 Å². The third-order valence-electron chi connectivity index (χ3n) is 6.27. The van der Waals surface area contributed by atoms with Crippen molar-refractivity contribution in [1.29, 1.82) is 0 Å². The van der Waals surface area contributed by atoms with E-state index in [9.17, 15) is 4.79 Å². The summed E-state index contributed by atoms with van der Waals surface area (Å²) < 4.78 is 7.21. The summed E-state index contributed by atoms with van der Waals surface area (Å²) in [6.45, 7) is 1.52. The van der Waals surface area contributed by atoms with Gasteiger partial charge in [-0.3, -0.25) is 0 Å². The van der Waals surface area contributed by atoms with Crippen LogP contribution in [0.3, 0.4) is 0 Å². The smallest absolute Gasteiger partial charge is 0.338 e. The van der Waals surface area contributed by atoms with Crippen LogP contribution in [0.15, 0.2) is 108 Å². The average molecular weight is 508 g/mol. The Balaban J connectivity index is 1.39. The molecular weight excluding hydrogens is 478 g/mol. The van der Waals surface area contributed by atoms with Gasteiger partial charge in [-0.15, -0.1) is 0 Å². The van der Waals surface area contributed by atoms with Crippen molar-refractivity contribution in [1.82, 2.24) is 9.55 Å². The zero-order chi connectivity index (χ0) is 25.5. The summed E-state index contributed by atoms with van der Waals surface area (Å²) in [4.78, 5) is 17.3. The summed E-state index contributed by atoms with van der Waals surface area (Å²) in [5.41, 5.74) is 4.92. The van der Waals surface area contributed by atoms with Crippen LogP contribution in [-0.4, -0.2) is 29.2 Å². The minimum Gasteiger partial charge on any atom is -0.465 e. The lowest BCUT2D eigenvalue weighted by molar-refractivity contribution is 0.0600. The Bertz CT molecular complexity index is 1490. The Morgan fingerprint density at radius 2 is 1.62 bits per heavy atom. The van der Waals surface area contributed by atoms with Gasteiger partial charge >= 0.3 is 5.97 Å². The second kappa shape index (κ2) is 11.8. The fraction of sp³-hybridized carbons (Fsp3) is 0.161. The summed E-state index contributed by atoms with van der Waals surface area (Å²) >= 11 is 1.64. The fourth-order valence-electron chi connectivity index (χ4n) is 4.40. The minimum absolute atomic E-state index is 0.317. The molecule has 0 amide bonds. The number of benzene rings is 4. The van der Waals surface area contributed by atoms with Crippen molar-refractivity contribution in [3.05, 3.63) is 126 Å². The first-order valence-electron chi connectivity index (χ1n) is 12.3. The Hall–Kier alpha value is -4.03. The van der Waals surface area contributed by atoms with E-state index in [1.807, 2.05) is 42.5 Å². The molecule has 0 aliphatic heterocycles. The highest BCUT2D eigenvalue weighted by Gasteiger charge is 2.15. The molecule has 5 nitrogen and oxygen atoms in total. The van der Waals surface area contributed by atoms with Crippen LogP contribution in [-0.2, 0) is 23.5 Å². The molecule has 6 heteroatoms. The van der Waals surface area contributed by atoms with Gasteiger partial charge in [-0.25, -0.2) is 9.78 Å². The number of rotatable bonds is 10. The molecule has 1 heterocycles. The summed E-state index contributed by atoms with van der Waals surface area (Å²) in [6.07, 6.45) is 2.97. The minimum atomic E-state index is -0.317. The first kappa shape index (κ1) is 24.7. The van der Waals surface area contributed by atoms with E-state index in [1.54, 1.807) is 11.8 Å². The van der Waals surface area contributed by atoms with E-state index in [2.05, 4.69) is 70.7 Å². The Labute approximate surface area is 221 Å². The normalized spacial score (nSPS) is 10.9. The lowest BCUT2D eigenvalue weighted by atomic mass is 10.0. The van der Waals surface area contributed by atoms with Gasteiger partial charge in [0, 0.05) is 30.6 Å². The van der Waals surface area contributed by atoms with Gasteiger partial charge in [0.2, 0.25) is 0 Å². The molecule has 0 fully saturated rings. The number of hydrogen-bond acceptors (Lipinski definition) is 5. The molecule has 5 aromatic rings. The summed E-state index contributed by atoms with van der Waals surface area (Å²) in [5, 5.41) is 6.88. The van der Waals surface area contributed by atoms with E-state index in [0.29, 0.717) is 11.3 Å². The van der Waals surface area contributed by atoms with Gasteiger partial charge in [-0.1, -0.05) is 90.6 Å². The molecule has 0 aliphatic carbocycles. The highest BCUT2D eigenvalue weighted by Crippen LogP contribution is 2.27. The van der Waals surface area contributed by atoms with Crippen molar-refractivity contribution >= 4 is 34.2 Å². The van der Waals surface area contributed by atoms with Crippen LogP contribution in [0.25, 0.3) is 10.8 Å². The molecule has 1 N–H and O–H groups in total. The van der Waals surface area contributed by atoms with Crippen LogP contribution in [0.4, 0.5) is 5.69 Å². The summed E-state index contributed by atoms with van der Waals surface area (Å²) in [6, 6.07) is 32.7. The van der Waals surface area contributed by atoms with E-state index in [0.717, 1.165) is 41.6 Å². The Morgan fingerprint density at radius 1 is 0.892 bits per heavy atom. The highest BCUT2D eigenvalue weighted by atomic mass is 32.2. The van der Waals surface area contributed by atoms with Gasteiger partial charge in [0.1, 0.15) is 0 Å². The van der Waals surface area contributed by atoms with Gasteiger partial charge in [0.25, 0.3) is 0 Å². The number of nitrogens with zero attached hydrogens (tertiary/aromatic N) is 2. The summed E-state index contributed by atoms with van der Waals surface area (Å²) in [7, 11) is 1.42. The third kappa shape index (κ3) is 6.04. The molecule has 4 aromatic carbocycles. The fourth-order valence-corrected chi connectivity index (χ4v) is 5.40. The Kier molecular flexibility index (Phi) is 7.87. The SMILES string of the molecule is COC(=O)c1ccccc1CSc1nc(CCNc2ccccc2)cn1Cc1cccc2ccccc12. The Morgan fingerprint density at radius 3 is 2.49 bits per heavy atom. The molecule has 186 valence electrons. The van der Waals surface area contributed by atoms with Crippen molar-refractivity contribution in [2.45, 2.75) is 23.9 Å². The monoisotopic (exact) mass is 507 g/mol. The summed E-state index contributed by atoms with van der Waals surface area (Å²) in [5.74, 6) is 0.308. The predicted octanol–water partition coefficient (Wildman–Crippen LogP) is 6.82. The molecule has 0 bridgehead atoms. The number of hydrogen-bond donors (Lipinski definition) is 1. The lowest BCUT2D eigenvalue weighted by Gasteiger charge is -2.11. The second-order valence-electron chi connectivity index (χ2n) is 8.76. The average Bonchev–Trinajstić information content (AvgIpc) is 3.33. The number of anilines is 1. The largest absolute Gasteiger partial charge is 0.465 e. The van der Waals surface area contributed by atoms with E-state index in [4.69, 9.17) is 9.72 Å². The number of imidazole rings is 1. The molecular formula is C31H29N3O2S. The molecule has 0 radical (unpaired) electrons. The maximum absolute atomic E-state index is 12.3. The van der Waals surface area contributed by atoms with E-state index in [1.165, 1.54) is 23.4 Å². The standard InChI is InChI=1S/C31H29N3O2S/c1-36-30(35)29-17-8-6-11-25(29)22-37-31-33-27(18-19-32-26-14-3-2-4-15-26)21-34(31)20-24-13-9-12-23-10-5-7-16-28(23)24/h2-17,21,32H,18-20,22H2,1H3. The van der Waals surface area contributed by atoms with E-state index < -0.39 is 0 Å².